The Labute approximate surface area is 187 Å². The van der Waals surface area contributed by atoms with Gasteiger partial charge in [-0.25, -0.2) is 12.8 Å². The van der Waals surface area contributed by atoms with E-state index in [0.29, 0.717) is 12.2 Å². The summed E-state index contributed by atoms with van der Waals surface area (Å²) >= 11 is 0. The van der Waals surface area contributed by atoms with Crippen LogP contribution in [0, 0.1) is 5.82 Å². The van der Waals surface area contributed by atoms with Gasteiger partial charge in [0.15, 0.2) is 0 Å². The first-order valence-corrected chi connectivity index (χ1v) is 11.6. The first-order valence-electron chi connectivity index (χ1n) is 10.1. The molecule has 168 valence electrons. The van der Waals surface area contributed by atoms with E-state index < -0.39 is 28.3 Å². The van der Waals surface area contributed by atoms with Crippen LogP contribution in [0.4, 0.5) is 10.1 Å². The molecule has 3 aromatic rings. The summed E-state index contributed by atoms with van der Waals surface area (Å²) in [5.74, 6) is -0.471. The Kier molecular flexibility index (Phi) is 7.48. The smallest absolute Gasteiger partial charge is 0.264 e. The van der Waals surface area contributed by atoms with E-state index in [0.717, 1.165) is 22.0 Å². The van der Waals surface area contributed by atoms with E-state index in [2.05, 4.69) is 5.32 Å². The molecule has 0 aliphatic carbocycles. The first-order chi connectivity index (χ1) is 15.3. The molecule has 3 rings (SSSR count). The van der Waals surface area contributed by atoms with Crippen LogP contribution in [0.2, 0.25) is 0 Å². The number of nitrogens with one attached hydrogen (secondary N) is 1. The molecule has 32 heavy (non-hydrogen) atoms. The molecule has 0 saturated heterocycles. The number of carbonyl (C=O) groups is 1. The zero-order valence-corrected chi connectivity index (χ0v) is 18.7. The van der Waals surface area contributed by atoms with Crippen molar-refractivity contribution in [2.75, 3.05) is 18.0 Å². The maximum atomic E-state index is 13.5. The monoisotopic (exact) mass is 456 g/mol. The SMILES string of the molecule is CCC(NC(=O)CN(c1ccc(F)cc1)S(=O)(=O)c1ccc(OC)cc1)c1ccccc1. The molecule has 6 nitrogen and oxygen atoms in total. The molecule has 1 atom stereocenters. The summed E-state index contributed by atoms with van der Waals surface area (Å²) in [6, 6.07) is 20.0. The lowest BCUT2D eigenvalue weighted by Crippen LogP contribution is -2.42. The van der Waals surface area contributed by atoms with Gasteiger partial charge in [-0.05, 0) is 60.5 Å². The minimum atomic E-state index is -4.10. The molecule has 0 bridgehead atoms. The largest absolute Gasteiger partial charge is 0.497 e. The van der Waals surface area contributed by atoms with Crippen molar-refractivity contribution in [1.29, 1.82) is 0 Å². The number of carbonyl (C=O) groups excluding carboxylic acids is 1. The molecule has 0 heterocycles. The van der Waals surface area contributed by atoms with Crippen LogP contribution in [-0.2, 0) is 14.8 Å². The van der Waals surface area contributed by atoms with Crippen LogP contribution >= 0.6 is 0 Å². The molecule has 0 aliphatic rings. The second-order valence-electron chi connectivity index (χ2n) is 7.10. The lowest BCUT2D eigenvalue weighted by atomic mass is 10.0. The Morgan fingerprint density at radius 3 is 2.19 bits per heavy atom. The van der Waals surface area contributed by atoms with Gasteiger partial charge in [-0.3, -0.25) is 9.10 Å². The molecule has 1 N–H and O–H groups in total. The number of rotatable bonds is 9. The predicted molar refractivity (Wildman–Crippen MR) is 122 cm³/mol. The van der Waals surface area contributed by atoms with E-state index in [4.69, 9.17) is 4.74 Å². The van der Waals surface area contributed by atoms with Gasteiger partial charge in [0.05, 0.1) is 23.7 Å². The normalized spacial score (nSPS) is 12.1. The maximum absolute atomic E-state index is 13.5. The molecule has 0 radical (unpaired) electrons. The van der Waals surface area contributed by atoms with Crippen molar-refractivity contribution >= 4 is 21.6 Å². The highest BCUT2D eigenvalue weighted by atomic mass is 32.2. The van der Waals surface area contributed by atoms with Gasteiger partial charge < -0.3 is 10.1 Å². The van der Waals surface area contributed by atoms with Gasteiger partial charge in [0.2, 0.25) is 5.91 Å². The third-order valence-corrected chi connectivity index (χ3v) is 6.78. The summed E-state index contributed by atoms with van der Waals surface area (Å²) < 4.78 is 46.3. The second-order valence-corrected chi connectivity index (χ2v) is 8.96. The topological polar surface area (TPSA) is 75.7 Å². The van der Waals surface area contributed by atoms with Gasteiger partial charge in [-0.15, -0.1) is 0 Å². The summed E-state index contributed by atoms with van der Waals surface area (Å²) in [7, 11) is -2.62. The highest BCUT2D eigenvalue weighted by Gasteiger charge is 2.28. The van der Waals surface area contributed by atoms with Crippen molar-refractivity contribution in [1.82, 2.24) is 5.32 Å². The van der Waals surface area contributed by atoms with E-state index in [9.17, 15) is 17.6 Å². The van der Waals surface area contributed by atoms with Crippen LogP contribution in [0.25, 0.3) is 0 Å². The molecule has 1 amide bonds. The van der Waals surface area contributed by atoms with Gasteiger partial charge in [0.25, 0.3) is 10.0 Å². The van der Waals surface area contributed by atoms with E-state index in [-0.39, 0.29) is 16.6 Å². The van der Waals surface area contributed by atoms with Gasteiger partial charge in [-0.2, -0.15) is 0 Å². The third kappa shape index (κ3) is 5.45. The highest BCUT2D eigenvalue weighted by Crippen LogP contribution is 2.26. The molecule has 0 spiro atoms. The fraction of sp³-hybridized carbons (Fsp3) is 0.208. The van der Waals surface area contributed by atoms with Crippen LogP contribution in [0.3, 0.4) is 0 Å². The number of amides is 1. The average molecular weight is 457 g/mol. The molecule has 1 unspecified atom stereocenters. The number of halogens is 1. The van der Waals surface area contributed by atoms with Gasteiger partial charge in [0, 0.05) is 0 Å². The Morgan fingerprint density at radius 1 is 1.00 bits per heavy atom. The van der Waals surface area contributed by atoms with Crippen molar-refractivity contribution in [3.05, 3.63) is 90.2 Å². The predicted octanol–water partition coefficient (Wildman–Crippen LogP) is 4.30. The maximum Gasteiger partial charge on any atom is 0.264 e. The van der Waals surface area contributed by atoms with E-state index in [1.165, 1.54) is 43.5 Å². The van der Waals surface area contributed by atoms with Crippen molar-refractivity contribution in [2.24, 2.45) is 0 Å². The molecule has 0 saturated carbocycles. The Hall–Kier alpha value is -3.39. The molecule has 0 fully saturated rings. The summed E-state index contributed by atoms with van der Waals surface area (Å²) in [6.45, 7) is 1.48. The highest BCUT2D eigenvalue weighted by molar-refractivity contribution is 7.92. The minimum Gasteiger partial charge on any atom is -0.497 e. The number of anilines is 1. The minimum absolute atomic E-state index is 0.00877. The zero-order chi connectivity index (χ0) is 23.1. The van der Waals surface area contributed by atoms with Crippen LogP contribution in [0.5, 0.6) is 5.75 Å². The number of hydrogen-bond acceptors (Lipinski definition) is 4. The third-order valence-electron chi connectivity index (χ3n) is 4.99. The van der Waals surface area contributed by atoms with Crippen molar-refractivity contribution in [3.8, 4) is 5.75 Å². The van der Waals surface area contributed by atoms with Crippen molar-refractivity contribution in [2.45, 2.75) is 24.3 Å². The molecule has 0 aliphatic heterocycles. The fourth-order valence-electron chi connectivity index (χ4n) is 3.27. The number of methoxy groups -OCH3 is 1. The molecule has 3 aromatic carbocycles. The van der Waals surface area contributed by atoms with Crippen LogP contribution in [-0.4, -0.2) is 28.0 Å². The first kappa shape index (κ1) is 23.3. The summed E-state index contributed by atoms with van der Waals surface area (Å²) in [6.07, 6.45) is 0.636. The Balaban J connectivity index is 1.90. The summed E-state index contributed by atoms with van der Waals surface area (Å²) in [4.78, 5) is 12.9. The van der Waals surface area contributed by atoms with Gasteiger partial charge in [-0.1, -0.05) is 37.3 Å². The van der Waals surface area contributed by atoms with Crippen LogP contribution in [0.15, 0.2) is 83.8 Å². The molecular weight excluding hydrogens is 431 g/mol. The summed E-state index contributed by atoms with van der Waals surface area (Å²) in [5.41, 5.74) is 1.11. The quantitative estimate of drug-likeness (QED) is 0.521. The second kappa shape index (κ2) is 10.3. The van der Waals surface area contributed by atoms with Crippen LogP contribution < -0.4 is 14.4 Å². The Bertz CT molecular complexity index is 1130. The van der Waals surface area contributed by atoms with Crippen molar-refractivity contribution in [3.63, 3.8) is 0 Å². The van der Waals surface area contributed by atoms with E-state index >= 15 is 0 Å². The van der Waals surface area contributed by atoms with Crippen molar-refractivity contribution < 1.29 is 22.3 Å². The van der Waals surface area contributed by atoms with E-state index in [1.54, 1.807) is 0 Å². The number of benzene rings is 3. The number of sulfonamides is 1. The molecular formula is C24H25FN2O4S. The Morgan fingerprint density at radius 2 is 1.62 bits per heavy atom. The van der Waals surface area contributed by atoms with Gasteiger partial charge >= 0.3 is 0 Å². The fourth-order valence-corrected chi connectivity index (χ4v) is 4.70. The zero-order valence-electron chi connectivity index (χ0n) is 17.9. The lowest BCUT2D eigenvalue weighted by Gasteiger charge is -2.25. The van der Waals surface area contributed by atoms with Crippen LogP contribution in [0.1, 0.15) is 24.9 Å². The van der Waals surface area contributed by atoms with E-state index in [1.807, 2.05) is 37.3 Å². The molecule has 0 aromatic heterocycles. The standard InChI is InChI=1S/C24H25FN2O4S/c1-3-23(18-7-5-4-6-8-18)26-24(28)17-27(20-11-9-19(25)10-12-20)32(29,30)22-15-13-21(31-2)14-16-22/h4-16,23H,3,17H2,1-2H3,(H,26,28). The molecule has 8 heteroatoms. The summed E-state index contributed by atoms with van der Waals surface area (Å²) in [5, 5.41) is 2.90. The van der Waals surface area contributed by atoms with Gasteiger partial charge in [0.1, 0.15) is 18.1 Å². The lowest BCUT2D eigenvalue weighted by molar-refractivity contribution is -0.120. The number of ether oxygens (including phenoxy) is 1. The number of hydrogen-bond donors (Lipinski definition) is 1. The number of nitrogens with zero attached hydrogens (tertiary/aromatic N) is 1. The average Bonchev–Trinajstić information content (AvgIpc) is 2.82.